The highest BCUT2D eigenvalue weighted by Gasteiger charge is 2.61. The Balaban J connectivity index is 1.19. The van der Waals surface area contributed by atoms with Crippen molar-refractivity contribution < 1.29 is 28.4 Å². The minimum atomic E-state index is -0.496. The van der Waals surface area contributed by atoms with Crippen molar-refractivity contribution in [2.24, 2.45) is 0 Å². The van der Waals surface area contributed by atoms with Gasteiger partial charge in [0.05, 0.1) is 13.2 Å². The van der Waals surface area contributed by atoms with Crippen molar-refractivity contribution >= 4 is 0 Å². The van der Waals surface area contributed by atoms with Crippen LogP contribution in [0.3, 0.4) is 0 Å². The zero-order valence-corrected chi connectivity index (χ0v) is 18.2. The average Bonchev–Trinajstić information content (AvgIpc) is 3.46. The molecule has 0 radical (unpaired) electrons. The molecule has 5 fully saturated rings. The van der Waals surface area contributed by atoms with Crippen LogP contribution in [-0.2, 0) is 35.0 Å². The summed E-state index contributed by atoms with van der Waals surface area (Å²) in [7, 11) is 0. The van der Waals surface area contributed by atoms with Crippen LogP contribution in [0.2, 0.25) is 0 Å². The molecule has 5 aliphatic rings. The fraction of sp³-hybridized carbons (Fsp3) is 0.760. The molecule has 31 heavy (non-hydrogen) atoms. The van der Waals surface area contributed by atoms with Crippen LogP contribution in [0.4, 0.5) is 0 Å². The molecular weight excluding hydrogens is 396 g/mol. The molecule has 6 heteroatoms. The number of hydrogen-bond donors (Lipinski definition) is 0. The van der Waals surface area contributed by atoms with Gasteiger partial charge in [-0.05, 0) is 31.2 Å². The van der Waals surface area contributed by atoms with E-state index >= 15 is 0 Å². The molecule has 0 N–H and O–H groups in total. The van der Waals surface area contributed by atoms with Crippen LogP contribution in [-0.4, -0.2) is 48.9 Å². The van der Waals surface area contributed by atoms with Crippen LogP contribution in [0.15, 0.2) is 30.3 Å². The Morgan fingerprint density at radius 2 is 1.48 bits per heavy atom. The van der Waals surface area contributed by atoms with E-state index < -0.39 is 17.9 Å². The highest BCUT2D eigenvalue weighted by molar-refractivity contribution is 5.14. The van der Waals surface area contributed by atoms with Crippen LogP contribution >= 0.6 is 0 Å². The normalized spacial score (nSPS) is 38.6. The third-order valence-electron chi connectivity index (χ3n) is 7.65. The maximum atomic E-state index is 6.57. The van der Waals surface area contributed by atoms with E-state index in [9.17, 15) is 0 Å². The lowest BCUT2D eigenvalue weighted by atomic mass is 9.94. The molecule has 0 aromatic heterocycles. The Morgan fingerprint density at radius 3 is 2.23 bits per heavy atom. The van der Waals surface area contributed by atoms with Gasteiger partial charge in [-0.1, -0.05) is 43.2 Å². The predicted molar refractivity (Wildman–Crippen MR) is 112 cm³/mol. The Hall–Kier alpha value is -1.02. The maximum Gasteiger partial charge on any atom is 0.190 e. The second-order valence-corrected chi connectivity index (χ2v) is 9.84. The zero-order valence-electron chi connectivity index (χ0n) is 18.2. The molecule has 0 amide bonds. The molecule has 6 rings (SSSR count). The van der Waals surface area contributed by atoms with Gasteiger partial charge in [0, 0.05) is 25.7 Å². The Kier molecular flexibility index (Phi) is 5.57. The summed E-state index contributed by atoms with van der Waals surface area (Å²) in [6.45, 7) is 1.06. The number of rotatable bonds is 4. The van der Waals surface area contributed by atoms with Crippen molar-refractivity contribution in [2.45, 2.75) is 113 Å². The van der Waals surface area contributed by atoms with Crippen molar-refractivity contribution in [1.82, 2.24) is 0 Å². The van der Waals surface area contributed by atoms with E-state index in [1.807, 2.05) is 18.2 Å². The number of fused-ring (bicyclic) bond motifs is 1. The van der Waals surface area contributed by atoms with E-state index in [4.69, 9.17) is 28.4 Å². The van der Waals surface area contributed by atoms with Gasteiger partial charge >= 0.3 is 0 Å². The molecule has 2 aliphatic carbocycles. The van der Waals surface area contributed by atoms with E-state index in [2.05, 4.69) is 12.1 Å². The van der Waals surface area contributed by atoms with Gasteiger partial charge in [0.25, 0.3) is 0 Å². The van der Waals surface area contributed by atoms with Crippen molar-refractivity contribution in [3.8, 4) is 0 Å². The van der Waals surface area contributed by atoms with Crippen molar-refractivity contribution in [3.63, 3.8) is 0 Å². The zero-order chi connectivity index (χ0) is 20.7. The summed E-state index contributed by atoms with van der Waals surface area (Å²) in [5.41, 5.74) is 1.14. The fourth-order valence-corrected chi connectivity index (χ4v) is 6.03. The van der Waals surface area contributed by atoms with Gasteiger partial charge in [0.1, 0.15) is 24.4 Å². The molecule has 0 unspecified atom stereocenters. The first kappa shape index (κ1) is 20.6. The summed E-state index contributed by atoms with van der Waals surface area (Å²) >= 11 is 0. The van der Waals surface area contributed by atoms with Crippen LogP contribution < -0.4 is 0 Å². The molecule has 1 aromatic carbocycles. The Labute approximate surface area is 184 Å². The predicted octanol–water partition coefficient (Wildman–Crippen LogP) is 4.45. The minimum absolute atomic E-state index is 0.154. The fourth-order valence-electron chi connectivity index (χ4n) is 6.03. The number of hydrogen-bond acceptors (Lipinski definition) is 6. The number of benzene rings is 1. The van der Waals surface area contributed by atoms with Gasteiger partial charge in [-0.25, -0.2) is 0 Å². The van der Waals surface area contributed by atoms with Gasteiger partial charge in [0.15, 0.2) is 17.9 Å². The Morgan fingerprint density at radius 1 is 0.774 bits per heavy atom. The highest BCUT2D eigenvalue weighted by atomic mass is 16.9. The van der Waals surface area contributed by atoms with Crippen molar-refractivity contribution in [2.75, 3.05) is 6.61 Å². The van der Waals surface area contributed by atoms with Gasteiger partial charge in [-0.3, -0.25) is 0 Å². The summed E-state index contributed by atoms with van der Waals surface area (Å²) in [6.07, 6.45) is 9.65. The first-order chi connectivity index (χ1) is 15.2. The van der Waals surface area contributed by atoms with Gasteiger partial charge < -0.3 is 28.4 Å². The van der Waals surface area contributed by atoms with Gasteiger partial charge in [0.2, 0.25) is 0 Å². The van der Waals surface area contributed by atoms with Crippen molar-refractivity contribution in [1.29, 1.82) is 0 Å². The quantitative estimate of drug-likeness (QED) is 0.704. The molecule has 6 nitrogen and oxygen atoms in total. The molecule has 170 valence electrons. The SMILES string of the molecule is c1ccc(CO[C@@H]2[C@H]([C@@H]3COC4(CCCCC4)O3)O[C@@H]3OC4(CCCCC4)O[C@@H]32)cc1. The molecule has 5 atom stereocenters. The lowest BCUT2D eigenvalue weighted by Gasteiger charge is -2.35. The highest BCUT2D eigenvalue weighted by Crippen LogP contribution is 2.48. The van der Waals surface area contributed by atoms with Gasteiger partial charge in [-0.15, -0.1) is 0 Å². The molecule has 3 aliphatic heterocycles. The van der Waals surface area contributed by atoms with Crippen LogP contribution in [0.1, 0.15) is 69.8 Å². The third kappa shape index (κ3) is 3.96. The number of ether oxygens (including phenoxy) is 6. The topological polar surface area (TPSA) is 55.4 Å². The third-order valence-corrected chi connectivity index (χ3v) is 7.65. The average molecular weight is 431 g/mol. The van der Waals surface area contributed by atoms with E-state index in [0.717, 1.165) is 56.9 Å². The molecule has 2 spiro atoms. The lowest BCUT2D eigenvalue weighted by Crippen LogP contribution is -2.45. The lowest BCUT2D eigenvalue weighted by molar-refractivity contribution is -0.263. The summed E-state index contributed by atoms with van der Waals surface area (Å²) in [5.74, 6) is -0.926. The van der Waals surface area contributed by atoms with Crippen LogP contribution in [0, 0.1) is 0 Å². The molecular formula is C25H34O6. The van der Waals surface area contributed by atoms with Crippen LogP contribution in [0.5, 0.6) is 0 Å². The molecule has 0 bridgehead atoms. The van der Waals surface area contributed by atoms with Crippen molar-refractivity contribution in [3.05, 3.63) is 35.9 Å². The van der Waals surface area contributed by atoms with E-state index in [1.165, 1.54) is 12.8 Å². The first-order valence-corrected chi connectivity index (χ1v) is 12.2. The van der Waals surface area contributed by atoms with E-state index in [1.54, 1.807) is 0 Å². The summed E-state index contributed by atoms with van der Waals surface area (Å²) < 4.78 is 38.6. The van der Waals surface area contributed by atoms with E-state index in [-0.39, 0.29) is 24.4 Å². The second-order valence-electron chi connectivity index (χ2n) is 9.84. The molecule has 3 heterocycles. The molecule has 1 aromatic rings. The maximum absolute atomic E-state index is 6.57. The van der Waals surface area contributed by atoms with Gasteiger partial charge in [-0.2, -0.15) is 0 Å². The summed E-state index contributed by atoms with van der Waals surface area (Å²) in [4.78, 5) is 0. The van der Waals surface area contributed by atoms with E-state index in [0.29, 0.717) is 13.2 Å². The largest absolute Gasteiger partial charge is 0.368 e. The molecule has 2 saturated carbocycles. The second kappa shape index (κ2) is 8.40. The minimum Gasteiger partial charge on any atom is -0.368 e. The monoisotopic (exact) mass is 430 g/mol. The smallest absolute Gasteiger partial charge is 0.190 e. The summed E-state index contributed by atoms with van der Waals surface area (Å²) in [6, 6.07) is 10.3. The van der Waals surface area contributed by atoms with Crippen LogP contribution in [0.25, 0.3) is 0 Å². The summed E-state index contributed by atoms with van der Waals surface area (Å²) in [5, 5.41) is 0. The Bertz CT molecular complexity index is 742. The first-order valence-electron chi connectivity index (χ1n) is 12.2. The molecule has 3 saturated heterocycles. The standard InChI is InChI=1S/C25H34O6/c1-4-10-18(11-5-1)16-26-21-20(19-17-27-24(29-19)12-6-2-7-13-24)28-23-22(21)30-25(31-23)14-8-3-9-15-25/h1,4-5,10-11,19-23H,2-3,6-9,12-17H2/t19-,20-,21+,22+,23+/m0/s1.